The third-order valence-electron chi connectivity index (χ3n) is 3.25. The van der Waals surface area contributed by atoms with Gasteiger partial charge < -0.3 is 16.4 Å². The van der Waals surface area contributed by atoms with Gasteiger partial charge in [-0.05, 0) is 43.5 Å². The first kappa shape index (κ1) is 17.5. The Morgan fingerprint density at radius 2 is 2.05 bits per heavy atom. The summed E-state index contributed by atoms with van der Waals surface area (Å²) in [6.07, 6.45) is 2.08. The summed E-state index contributed by atoms with van der Waals surface area (Å²) in [6.45, 7) is 2.70. The Kier molecular flexibility index (Phi) is 7.19. The van der Waals surface area contributed by atoms with Crippen molar-refractivity contribution in [2.45, 2.75) is 26.2 Å². The fourth-order valence-corrected chi connectivity index (χ4v) is 2.09. The molecule has 116 valence electrons. The summed E-state index contributed by atoms with van der Waals surface area (Å²) in [5, 5.41) is 5.68. The minimum absolute atomic E-state index is 0.116. The number of nitrogens with two attached hydrogens (primary N) is 1. The van der Waals surface area contributed by atoms with Crippen LogP contribution in [-0.2, 0) is 4.79 Å². The van der Waals surface area contributed by atoms with Crippen molar-refractivity contribution < 1.29 is 9.59 Å². The van der Waals surface area contributed by atoms with Gasteiger partial charge >= 0.3 is 0 Å². The Balaban J connectivity index is 2.65. The smallest absolute Gasteiger partial charge is 0.251 e. The predicted molar refractivity (Wildman–Crippen MR) is 85.5 cm³/mol. The SMILES string of the molecule is CNC(=O)c1ccc(Cl)c(NC(=O)CCC(C)CCN)c1. The minimum Gasteiger partial charge on any atom is -0.355 e. The molecule has 0 heterocycles. The maximum atomic E-state index is 11.9. The van der Waals surface area contributed by atoms with E-state index >= 15 is 0 Å². The van der Waals surface area contributed by atoms with Gasteiger partial charge in [0.25, 0.3) is 5.91 Å². The molecular weight excluding hydrogens is 290 g/mol. The highest BCUT2D eigenvalue weighted by Gasteiger charge is 2.11. The maximum Gasteiger partial charge on any atom is 0.251 e. The monoisotopic (exact) mass is 311 g/mol. The van der Waals surface area contributed by atoms with Gasteiger partial charge in [-0.2, -0.15) is 0 Å². The van der Waals surface area contributed by atoms with Gasteiger partial charge in [0.1, 0.15) is 0 Å². The highest BCUT2D eigenvalue weighted by Crippen LogP contribution is 2.23. The molecule has 0 aromatic heterocycles. The lowest BCUT2D eigenvalue weighted by Gasteiger charge is -2.11. The molecule has 2 amide bonds. The molecule has 0 fully saturated rings. The second-order valence-corrected chi connectivity index (χ2v) is 5.45. The van der Waals surface area contributed by atoms with Crippen LogP contribution in [0, 0.1) is 5.92 Å². The molecule has 6 heteroatoms. The number of rotatable bonds is 7. The van der Waals surface area contributed by atoms with Gasteiger partial charge in [0.15, 0.2) is 0 Å². The van der Waals surface area contributed by atoms with Crippen molar-refractivity contribution >= 4 is 29.1 Å². The predicted octanol–water partition coefficient (Wildman–Crippen LogP) is 2.40. The minimum atomic E-state index is -0.223. The number of amides is 2. The van der Waals surface area contributed by atoms with E-state index in [1.165, 1.54) is 0 Å². The van der Waals surface area contributed by atoms with E-state index in [0.29, 0.717) is 35.2 Å². The molecule has 0 saturated carbocycles. The Morgan fingerprint density at radius 1 is 1.33 bits per heavy atom. The van der Waals surface area contributed by atoms with E-state index in [9.17, 15) is 9.59 Å². The number of hydrogen-bond donors (Lipinski definition) is 3. The average Bonchev–Trinajstić information content (AvgIpc) is 2.47. The lowest BCUT2D eigenvalue weighted by atomic mass is 10.0. The number of hydrogen-bond acceptors (Lipinski definition) is 3. The summed E-state index contributed by atoms with van der Waals surface area (Å²) in [6, 6.07) is 4.78. The molecular formula is C15H22ClN3O2. The highest BCUT2D eigenvalue weighted by molar-refractivity contribution is 6.33. The highest BCUT2D eigenvalue weighted by atomic mass is 35.5. The third-order valence-corrected chi connectivity index (χ3v) is 3.58. The van der Waals surface area contributed by atoms with Crippen molar-refractivity contribution in [2.75, 3.05) is 18.9 Å². The molecule has 1 unspecified atom stereocenters. The molecule has 5 nitrogen and oxygen atoms in total. The summed E-state index contributed by atoms with van der Waals surface area (Å²) < 4.78 is 0. The van der Waals surface area contributed by atoms with E-state index in [1.54, 1.807) is 25.2 Å². The lowest BCUT2D eigenvalue weighted by molar-refractivity contribution is -0.116. The number of nitrogens with one attached hydrogen (secondary N) is 2. The van der Waals surface area contributed by atoms with Gasteiger partial charge in [0.05, 0.1) is 10.7 Å². The largest absolute Gasteiger partial charge is 0.355 e. The molecule has 0 spiro atoms. The number of carbonyl (C=O) groups excluding carboxylic acids is 2. The standard InChI is InChI=1S/C15H22ClN3O2/c1-10(7-8-17)3-6-14(20)19-13-9-11(15(21)18-2)4-5-12(13)16/h4-5,9-10H,3,6-8,17H2,1-2H3,(H,18,21)(H,19,20). The van der Waals surface area contributed by atoms with Crippen molar-refractivity contribution in [2.24, 2.45) is 11.7 Å². The van der Waals surface area contributed by atoms with Crippen LogP contribution in [0.15, 0.2) is 18.2 Å². The van der Waals surface area contributed by atoms with E-state index in [4.69, 9.17) is 17.3 Å². The lowest BCUT2D eigenvalue weighted by Crippen LogP contribution is -2.19. The van der Waals surface area contributed by atoms with Gasteiger partial charge in [0.2, 0.25) is 5.91 Å². The van der Waals surface area contributed by atoms with Crippen LogP contribution in [0.5, 0.6) is 0 Å². The first-order chi connectivity index (χ1) is 9.97. The van der Waals surface area contributed by atoms with Crippen LogP contribution in [0.1, 0.15) is 36.5 Å². The van der Waals surface area contributed by atoms with Crippen molar-refractivity contribution in [3.05, 3.63) is 28.8 Å². The van der Waals surface area contributed by atoms with E-state index in [-0.39, 0.29) is 11.8 Å². The molecule has 4 N–H and O–H groups in total. The van der Waals surface area contributed by atoms with Crippen molar-refractivity contribution in [3.63, 3.8) is 0 Å². The van der Waals surface area contributed by atoms with Gasteiger partial charge in [-0.25, -0.2) is 0 Å². The molecule has 1 aromatic rings. The molecule has 0 aliphatic heterocycles. The average molecular weight is 312 g/mol. The van der Waals surface area contributed by atoms with Crippen LogP contribution in [0.4, 0.5) is 5.69 Å². The number of halogens is 1. The molecule has 0 saturated heterocycles. The second-order valence-electron chi connectivity index (χ2n) is 5.04. The second kappa shape index (κ2) is 8.64. The Bertz CT molecular complexity index is 506. The van der Waals surface area contributed by atoms with Crippen LogP contribution < -0.4 is 16.4 Å². The fraction of sp³-hybridized carbons (Fsp3) is 0.467. The van der Waals surface area contributed by atoms with Crippen LogP contribution in [-0.4, -0.2) is 25.4 Å². The molecule has 0 bridgehead atoms. The van der Waals surface area contributed by atoms with Gasteiger partial charge in [-0.3, -0.25) is 9.59 Å². The quantitative estimate of drug-likeness (QED) is 0.723. The van der Waals surface area contributed by atoms with Crippen molar-refractivity contribution in [1.29, 1.82) is 0 Å². The van der Waals surface area contributed by atoms with Crippen LogP contribution >= 0.6 is 11.6 Å². The molecule has 0 aliphatic rings. The van der Waals surface area contributed by atoms with E-state index in [0.717, 1.165) is 12.8 Å². The number of anilines is 1. The van der Waals surface area contributed by atoms with Crippen molar-refractivity contribution in [1.82, 2.24) is 5.32 Å². The number of benzene rings is 1. The van der Waals surface area contributed by atoms with Crippen LogP contribution in [0.25, 0.3) is 0 Å². The first-order valence-electron chi connectivity index (χ1n) is 6.99. The third kappa shape index (κ3) is 5.73. The van der Waals surface area contributed by atoms with E-state index in [2.05, 4.69) is 17.6 Å². The summed E-state index contributed by atoms with van der Waals surface area (Å²) in [5.74, 6) is 0.0713. The zero-order chi connectivity index (χ0) is 15.8. The normalized spacial score (nSPS) is 11.8. The topological polar surface area (TPSA) is 84.2 Å². The van der Waals surface area contributed by atoms with Gasteiger partial charge in [0, 0.05) is 19.0 Å². The Labute approximate surface area is 130 Å². The maximum absolute atomic E-state index is 11.9. The molecule has 21 heavy (non-hydrogen) atoms. The molecule has 1 rings (SSSR count). The Hall–Kier alpha value is -1.59. The summed E-state index contributed by atoms with van der Waals surface area (Å²) in [7, 11) is 1.55. The zero-order valence-corrected chi connectivity index (χ0v) is 13.2. The molecule has 1 atom stereocenters. The van der Waals surface area contributed by atoms with Crippen molar-refractivity contribution in [3.8, 4) is 0 Å². The molecule has 1 aromatic carbocycles. The van der Waals surface area contributed by atoms with E-state index in [1.807, 2.05) is 0 Å². The fourth-order valence-electron chi connectivity index (χ4n) is 1.93. The first-order valence-corrected chi connectivity index (χ1v) is 7.37. The Morgan fingerprint density at radius 3 is 2.67 bits per heavy atom. The summed E-state index contributed by atoms with van der Waals surface area (Å²) in [5.41, 5.74) is 6.39. The van der Waals surface area contributed by atoms with E-state index < -0.39 is 0 Å². The zero-order valence-electron chi connectivity index (χ0n) is 12.4. The van der Waals surface area contributed by atoms with Gasteiger partial charge in [-0.15, -0.1) is 0 Å². The van der Waals surface area contributed by atoms with Crippen LogP contribution in [0.3, 0.4) is 0 Å². The molecule has 0 radical (unpaired) electrons. The van der Waals surface area contributed by atoms with Crippen LogP contribution in [0.2, 0.25) is 5.02 Å². The number of carbonyl (C=O) groups is 2. The van der Waals surface area contributed by atoms with Gasteiger partial charge in [-0.1, -0.05) is 18.5 Å². The summed E-state index contributed by atoms with van der Waals surface area (Å²) in [4.78, 5) is 23.5. The molecule has 0 aliphatic carbocycles. The summed E-state index contributed by atoms with van der Waals surface area (Å²) >= 11 is 6.04.